The molecule has 1 aromatic rings. The highest BCUT2D eigenvalue weighted by atomic mass is 35.5. The van der Waals surface area contributed by atoms with Crippen LogP contribution in [0.4, 0.5) is 4.39 Å². The van der Waals surface area contributed by atoms with Crippen LogP contribution in [0.25, 0.3) is 0 Å². The number of likely N-dealkylation sites (tertiary alicyclic amines) is 1. The molecule has 1 aliphatic rings. The molecule has 100 valence electrons. The first-order chi connectivity index (χ1) is 8.77. The lowest BCUT2D eigenvalue weighted by Crippen LogP contribution is -2.31. The van der Waals surface area contributed by atoms with E-state index in [2.05, 4.69) is 10.2 Å². The Bertz CT molecular complexity index is 358. The van der Waals surface area contributed by atoms with Gasteiger partial charge in [-0.3, -0.25) is 0 Å². The molecule has 0 saturated carbocycles. The molecule has 0 amide bonds. The smallest absolute Gasteiger partial charge is 0.127 e. The van der Waals surface area contributed by atoms with Crippen molar-refractivity contribution in [3.8, 4) is 0 Å². The number of nitrogens with one attached hydrogen (secondary N) is 1. The van der Waals surface area contributed by atoms with Crippen molar-refractivity contribution in [1.82, 2.24) is 10.2 Å². The van der Waals surface area contributed by atoms with Crippen molar-refractivity contribution >= 4 is 11.6 Å². The van der Waals surface area contributed by atoms with Crippen molar-refractivity contribution in [2.24, 2.45) is 0 Å². The van der Waals surface area contributed by atoms with Gasteiger partial charge in [-0.1, -0.05) is 17.7 Å². The van der Waals surface area contributed by atoms with Gasteiger partial charge in [-0.2, -0.15) is 0 Å². The van der Waals surface area contributed by atoms with E-state index in [0.29, 0.717) is 17.0 Å². The van der Waals surface area contributed by atoms with Crippen LogP contribution in [0.15, 0.2) is 18.2 Å². The summed E-state index contributed by atoms with van der Waals surface area (Å²) in [5.74, 6) is -0.205. The fraction of sp³-hybridized carbons (Fsp3) is 0.571. The van der Waals surface area contributed by atoms with E-state index in [1.807, 2.05) is 0 Å². The third-order valence-corrected chi connectivity index (χ3v) is 3.77. The highest BCUT2D eigenvalue weighted by molar-refractivity contribution is 6.31. The van der Waals surface area contributed by atoms with Gasteiger partial charge in [-0.05, 0) is 51.0 Å². The SMILES string of the molecule is Fc1cccc(Cl)c1CCNCCN1CCCC1. The normalized spacial score (nSPS) is 16.3. The van der Waals surface area contributed by atoms with E-state index in [0.717, 1.165) is 19.6 Å². The monoisotopic (exact) mass is 270 g/mol. The zero-order chi connectivity index (χ0) is 12.8. The van der Waals surface area contributed by atoms with Gasteiger partial charge < -0.3 is 10.2 Å². The summed E-state index contributed by atoms with van der Waals surface area (Å²) in [7, 11) is 0. The minimum Gasteiger partial charge on any atom is -0.315 e. The number of hydrogen-bond acceptors (Lipinski definition) is 2. The molecule has 18 heavy (non-hydrogen) atoms. The fourth-order valence-corrected chi connectivity index (χ4v) is 2.61. The summed E-state index contributed by atoms with van der Waals surface area (Å²) in [6.07, 6.45) is 3.29. The highest BCUT2D eigenvalue weighted by Gasteiger charge is 2.10. The van der Waals surface area contributed by atoms with E-state index >= 15 is 0 Å². The number of hydrogen-bond donors (Lipinski definition) is 1. The third-order valence-electron chi connectivity index (χ3n) is 3.42. The van der Waals surface area contributed by atoms with E-state index in [1.165, 1.54) is 32.0 Å². The van der Waals surface area contributed by atoms with Crippen molar-refractivity contribution in [2.45, 2.75) is 19.3 Å². The Balaban J connectivity index is 1.65. The second-order valence-corrected chi connectivity index (χ2v) is 5.16. The van der Waals surface area contributed by atoms with Crippen molar-refractivity contribution < 1.29 is 4.39 Å². The summed E-state index contributed by atoms with van der Waals surface area (Å²) < 4.78 is 13.5. The van der Waals surface area contributed by atoms with Crippen LogP contribution in [0.5, 0.6) is 0 Å². The largest absolute Gasteiger partial charge is 0.315 e. The summed E-state index contributed by atoms with van der Waals surface area (Å²) in [6.45, 7) is 5.27. The predicted octanol–water partition coefficient (Wildman–Crippen LogP) is 2.71. The van der Waals surface area contributed by atoms with Crippen LogP contribution < -0.4 is 5.32 Å². The Kier molecular flexibility index (Phi) is 5.42. The summed E-state index contributed by atoms with van der Waals surface area (Å²) in [4.78, 5) is 2.46. The zero-order valence-electron chi connectivity index (χ0n) is 10.6. The minimum absolute atomic E-state index is 0.205. The average molecular weight is 271 g/mol. The van der Waals surface area contributed by atoms with E-state index < -0.39 is 0 Å². The Labute approximate surface area is 113 Å². The molecule has 1 saturated heterocycles. The van der Waals surface area contributed by atoms with Gasteiger partial charge in [0.2, 0.25) is 0 Å². The van der Waals surface area contributed by atoms with Gasteiger partial charge >= 0.3 is 0 Å². The molecule has 2 rings (SSSR count). The summed E-state index contributed by atoms with van der Waals surface area (Å²) in [6, 6.07) is 4.84. The summed E-state index contributed by atoms with van der Waals surface area (Å²) in [5.41, 5.74) is 0.618. The summed E-state index contributed by atoms with van der Waals surface area (Å²) >= 11 is 5.97. The lowest BCUT2D eigenvalue weighted by molar-refractivity contribution is 0.336. The Hall–Kier alpha value is -0.640. The van der Waals surface area contributed by atoms with Gasteiger partial charge in [0.15, 0.2) is 0 Å². The fourth-order valence-electron chi connectivity index (χ4n) is 2.35. The molecule has 1 aromatic carbocycles. The van der Waals surface area contributed by atoms with Crippen molar-refractivity contribution in [1.29, 1.82) is 0 Å². The van der Waals surface area contributed by atoms with E-state index in [4.69, 9.17) is 11.6 Å². The molecule has 0 atom stereocenters. The Morgan fingerprint density at radius 3 is 2.72 bits per heavy atom. The molecule has 0 aliphatic carbocycles. The van der Waals surface area contributed by atoms with Crippen molar-refractivity contribution in [3.63, 3.8) is 0 Å². The van der Waals surface area contributed by atoms with Crippen molar-refractivity contribution in [3.05, 3.63) is 34.6 Å². The zero-order valence-corrected chi connectivity index (χ0v) is 11.3. The lowest BCUT2D eigenvalue weighted by Gasteiger charge is -2.14. The molecule has 1 fully saturated rings. The molecule has 0 radical (unpaired) electrons. The standard InChI is InChI=1S/C14H20ClFN2/c15-13-4-3-5-14(16)12(13)6-7-17-8-11-18-9-1-2-10-18/h3-5,17H,1-2,6-11H2. The third kappa shape index (κ3) is 3.94. The number of nitrogens with zero attached hydrogens (tertiary/aromatic N) is 1. The first kappa shape index (κ1) is 13.8. The molecule has 0 bridgehead atoms. The Morgan fingerprint density at radius 2 is 2.00 bits per heavy atom. The highest BCUT2D eigenvalue weighted by Crippen LogP contribution is 2.18. The lowest BCUT2D eigenvalue weighted by atomic mass is 10.1. The quantitative estimate of drug-likeness (QED) is 0.800. The van der Waals surface area contributed by atoms with Gasteiger partial charge in [-0.25, -0.2) is 4.39 Å². The molecule has 4 heteroatoms. The first-order valence-corrected chi connectivity index (χ1v) is 7.01. The van der Waals surface area contributed by atoms with Crippen LogP contribution in [0, 0.1) is 5.82 Å². The van der Waals surface area contributed by atoms with Crippen molar-refractivity contribution in [2.75, 3.05) is 32.7 Å². The Morgan fingerprint density at radius 1 is 1.22 bits per heavy atom. The number of halogens is 2. The van der Waals surface area contributed by atoms with Crippen LogP contribution in [0.1, 0.15) is 18.4 Å². The minimum atomic E-state index is -0.205. The van der Waals surface area contributed by atoms with Gasteiger partial charge in [0.05, 0.1) is 0 Å². The van der Waals surface area contributed by atoms with E-state index in [-0.39, 0.29) is 5.82 Å². The number of rotatable bonds is 6. The van der Waals surface area contributed by atoms with Crippen LogP contribution in [-0.4, -0.2) is 37.6 Å². The van der Waals surface area contributed by atoms with Crippen LogP contribution >= 0.6 is 11.6 Å². The molecule has 1 N–H and O–H groups in total. The summed E-state index contributed by atoms with van der Waals surface area (Å²) in [5, 5.41) is 3.87. The van der Waals surface area contributed by atoms with Gasteiger partial charge in [0.1, 0.15) is 5.82 Å². The maximum atomic E-state index is 13.5. The molecule has 0 spiro atoms. The van der Waals surface area contributed by atoms with Crippen LogP contribution in [0.3, 0.4) is 0 Å². The first-order valence-electron chi connectivity index (χ1n) is 6.63. The van der Waals surface area contributed by atoms with Crippen LogP contribution in [0.2, 0.25) is 5.02 Å². The second kappa shape index (κ2) is 7.07. The van der Waals surface area contributed by atoms with Gasteiger partial charge in [-0.15, -0.1) is 0 Å². The molecular weight excluding hydrogens is 251 g/mol. The average Bonchev–Trinajstić information content (AvgIpc) is 2.85. The van der Waals surface area contributed by atoms with E-state index in [1.54, 1.807) is 12.1 Å². The predicted molar refractivity (Wildman–Crippen MR) is 73.7 cm³/mol. The molecule has 0 unspecified atom stereocenters. The maximum Gasteiger partial charge on any atom is 0.127 e. The number of benzene rings is 1. The van der Waals surface area contributed by atoms with Gasteiger partial charge in [0.25, 0.3) is 0 Å². The second-order valence-electron chi connectivity index (χ2n) is 4.75. The molecule has 2 nitrogen and oxygen atoms in total. The van der Waals surface area contributed by atoms with Crippen LogP contribution in [-0.2, 0) is 6.42 Å². The molecule has 0 aromatic heterocycles. The van der Waals surface area contributed by atoms with E-state index in [9.17, 15) is 4.39 Å². The topological polar surface area (TPSA) is 15.3 Å². The maximum absolute atomic E-state index is 13.5. The molecule has 1 heterocycles. The molecular formula is C14H20ClFN2. The molecule has 1 aliphatic heterocycles. The van der Waals surface area contributed by atoms with Gasteiger partial charge in [0, 0.05) is 23.7 Å².